The molecule has 4 nitrogen and oxygen atoms in total. The van der Waals surface area contributed by atoms with Crippen LogP contribution in [0.1, 0.15) is 47.8 Å². The minimum atomic E-state index is -0.154. The fourth-order valence-electron chi connectivity index (χ4n) is 3.12. The van der Waals surface area contributed by atoms with Crippen molar-refractivity contribution in [3.05, 3.63) is 88.8 Å². The molecule has 0 fully saturated rings. The highest BCUT2D eigenvalue weighted by Crippen LogP contribution is 2.21. The number of rotatable bonds is 6. The van der Waals surface area contributed by atoms with Crippen LogP contribution in [0, 0.1) is 13.8 Å². The average molecular weight is 374 g/mol. The van der Waals surface area contributed by atoms with Crippen molar-refractivity contribution in [1.29, 1.82) is 0 Å². The Hall–Kier alpha value is -3.14. The number of anilines is 1. The van der Waals surface area contributed by atoms with Crippen LogP contribution < -0.4 is 5.32 Å². The third kappa shape index (κ3) is 4.77. The minimum Gasteiger partial charge on any atom is -0.319 e. The van der Waals surface area contributed by atoms with E-state index in [1.54, 1.807) is 6.08 Å². The van der Waals surface area contributed by atoms with Gasteiger partial charge < -0.3 is 5.32 Å². The molecule has 0 saturated heterocycles. The first-order valence-corrected chi connectivity index (χ1v) is 9.61. The second kappa shape index (κ2) is 8.70. The molecule has 0 bridgehead atoms. The molecule has 4 heteroatoms. The standard InChI is InChI=1S/C24H27N3O/c1-17(2)22-13-10-20(11-14-22)12-15-23(28)25-24-18(3)26-27(19(24)4)16-21-8-6-5-7-9-21/h5-15,17H,16H2,1-4H3,(H,25,28)/b15-12+. The lowest BCUT2D eigenvalue weighted by atomic mass is 10.0. The lowest BCUT2D eigenvalue weighted by Gasteiger charge is -2.06. The van der Waals surface area contributed by atoms with Gasteiger partial charge in [0, 0.05) is 6.08 Å². The Balaban J connectivity index is 1.68. The SMILES string of the molecule is Cc1nn(Cc2ccccc2)c(C)c1NC(=O)/C=C/c1ccc(C(C)C)cc1. The fraction of sp³-hybridized carbons (Fsp3) is 0.250. The lowest BCUT2D eigenvalue weighted by Crippen LogP contribution is -2.10. The monoisotopic (exact) mass is 373 g/mol. The van der Waals surface area contributed by atoms with Crippen LogP contribution in [0.4, 0.5) is 5.69 Å². The molecule has 1 amide bonds. The van der Waals surface area contributed by atoms with Gasteiger partial charge in [-0.3, -0.25) is 9.48 Å². The van der Waals surface area contributed by atoms with E-state index in [9.17, 15) is 4.79 Å². The summed E-state index contributed by atoms with van der Waals surface area (Å²) in [5, 5.41) is 7.56. The molecule has 3 rings (SSSR count). The summed E-state index contributed by atoms with van der Waals surface area (Å²) in [4.78, 5) is 12.4. The number of benzene rings is 2. The minimum absolute atomic E-state index is 0.154. The van der Waals surface area contributed by atoms with Crippen LogP contribution in [0.2, 0.25) is 0 Å². The van der Waals surface area contributed by atoms with Crippen molar-refractivity contribution in [2.75, 3.05) is 5.32 Å². The first-order chi connectivity index (χ1) is 13.4. The number of carbonyl (C=O) groups excluding carboxylic acids is 1. The number of hydrogen-bond donors (Lipinski definition) is 1. The van der Waals surface area contributed by atoms with E-state index in [0.29, 0.717) is 12.5 Å². The van der Waals surface area contributed by atoms with E-state index in [4.69, 9.17) is 0 Å². The summed E-state index contributed by atoms with van der Waals surface area (Å²) >= 11 is 0. The predicted octanol–water partition coefficient (Wildman–Crippen LogP) is 5.32. The van der Waals surface area contributed by atoms with Gasteiger partial charge in [-0.25, -0.2) is 0 Å². The largest absolute Gasteiger partial charge is 0.319 e. The van der Waals surface area contributed by atoms with E-state index in [1.807, 2.05) is 54.9 Å². The summed E-state index contributed by atoms with van der Waals surface area (Å²) in [6.07, 6.45) is 3.40. The zero-order chi connectivity index (χ0) is 20.1. The maximum atomic E-state index is 12.4. The molecule has 0 unspecified atom stereocenters. The molecule has 1 aromatic heterocycles. The lowest BCUT2D eigenvalue weighted by molar-refractivity contribution is -0.111. The summed E-state index contributed by atoms with van der Waals surface area (Å²) in [5.41, 5.74) is 6.02. The highest BCUT2D eigenvalue weighted by molar-refractivity contribution is 6.02. The molecular formula is C24H27N3O. The van der Waals surface area contributed by atoms with Crippen molar-refractivity contribution >= 4 is 17.7 Å². The third-order valence-corrected chi connectivity index (χ3v) is 4.84. The van der Waals surface area contributed by atoms with Crippen molar-refractivity contribution in [3.8, 4) is 0 Å². The molecule has 1 N–H and O–H groups in total. The van der Waals surface area contributed by atoms with Crippen molar-refractivity contribution < 1.29 is 4.79 Å². The molecule has 144 valence electrons. The molecule has 0 saturated carbocycles. The molecular weight excluding hydrogens is 346 g/mol. The van der Waals surface area contributed by atoms with Gasteiger partial charge in [0.15, 0.2) is 0 Å². The molecule has 0 atom stereocenters. The van der Waals surface area contributed by atoms with E-state index in [2.05, 4.69) is 48.5 Å². The van der Waals surface area contributed by atoms with Crippen LogP contribution in [0.15, 0.2) is 60.7 Å². The Morgan fingerprint density at radius 2 is 1.75 bits per heavy atom. The third-order valence-electron chi connectivity index (χ3n) is 4.84. The summed E-state index contributed by atoms with van der Waals surface area (Å²) in [6.45, 7) is 8.91. The Morgan fingerprint density at radius 1 is 1.07 bits per heavy atom. The number of amides is 1. The molecule has 0 aliphatic carbocycles. The van der Waals surface area contributed by atoms with Crippen molar-refractivity contribution in [2.45, 2.75) is 40.2 Å². The molecule has 0 spiro atoms. The van der Waals surface area contributed by atoms with E-state index in [1.165, 1.54) is 11.1 Å². The van der Waals surface area contributed by atoms with Crippen LogP contribution in [0.5, 0.6) is 0 Å². The summed E-state index contributed by atoms with van der Waals surface area (Å²) in [5.74, 6) is 0.345. The van der Waals surface area contributed by atoms with Crippen molar-refractivity contribution in [1.82, 2.24) is 9.78 Å². The number of nitrogens with one attached hydrogen (secondary N) is 1. The van der Waals surface area contributed by atoms with Crippen LogP contribution in [0.25, 0.3) is 6.08 Å². The summed E-state index contributed by atoms with van der Waals surface area (Å²) in [7, 11) is 0. The maximum Gasteiger partial charge on any atom is 0.248 e. The van der Waals surface area contributed by atoms with Gasteiger partial charge in [0.05, 0.1) is 23.6 Å². The van der Waals surface area contributed by atoms with Gasteiger partial charge in [-0.15, -0.1) is 0 Å². The Kier molecular flexibility index (Phi) is 6.09. The van der Waals surface area contributed by atoms with E-state index < -0.39 is 0 Å². The van der Waals surface area contributed by atoms with Crippen LogP contribution in [-0.2, 0) is 11.3 Å². The molecule has 3 aromatic rings. The van der Waals surface area contributed by atoms with Crippen LogP contribution >= 0.6 is 0 Å². The van der Waals surface area contributed by atoms with Gasteiger partial charge in [0.2, 0.25) is 5.91 Å². The second-order valence-electron chi connectivity index (χ2n) is 7.33. The van der Waals surface area contributed by atoms with E-state index in [-0.39, 0.29) is 5.91 Å². The molecule has 0 aliphatic heterocycles. The first kappa shape index (κ1) is 19.6. The Morgan fingerprint density at radius 3 is 2.39 bits per heavy atom. The molecule has 1 heterocycles. The average Bonchev–Trinajstić information content (AvgIpc) is 2.95. The number of carbonyl (C=O) groups is 1. The number of nitrogens with zero attached hydrogens (tertiary/aromatic N) is 2. The number of hydrogen-bond acceptors (Lipinski definition) is 2. The van der Waals surface area contributed by atoms with Gasteiger partial charge in [0.1, 0.15) is 0 Å². The van der Waals surface area contributed by atoms with Crippen molar-refractivity contribution in [3.63, 3.8) is 0 Å². The number of aryl methyl sites for hydroxylation is 1. The highest BCUT2D eigenvalue weighted by Gasteiger charge is 2.13. The Labute approximate surface area is 166 Å². The second-order valence-corrected chi connectivity index (χ2v) is 7.33. The van der Waals surface area contributed by atoms with Gasteiger partial charge in [-0.1, -0.05) is 68.4 Å². The van der Waals surface area contributed by atoms with E-state index >= 15 is 0 Å². The molecule has 2 aromatic carbocycles. The zero-order valence-electron chi connectivity index (χ0n) is 16.9. The predicted molar refractivity (Wildman–Crippen MR) is 115 cm³/mol. The molecule has 0 aliphatic rings. The van der Waals surface area contributed by atoms with Gasteiger partial charge in [-0.2, -0.15) is 5.10 Å². The van der Waals surface area contributed by atoms with Crippen LogP contribution in [-0.4, -0.2) is 15.7 Å². The normalized spacial score (nSPS) is 11.3. The van der Waals surface area contributed by atoms with Crippen LogP contribution in [0.3, 0.4) is 0 Å². The molecule has 28 heavy (non-hydrogen) atoms. The zero-order valence-corrected chi connectivity index (χ0v) is 16.9. The maximum absolute atomic E-state index is 12.4. The van der Waals surface area contributed by atoms with Gasteiger partial charge in [0.25, 0.3) is 0 Å². The first-order valence-electron chi connectivity index (χ1n) is 9.61. The van der Waals surface area contributed by atoms with Crippen molar-refractivity contribution in [2.24, 2.45) is 0 Å². The van der Waals surface area contributed by atoms with Gasteiger partial charge >= 0.3 is 0 Å². The summed E-state index contributed by atoms with van der Waals surface area (Å²) in [6, 6.07) is 18.4. The van der Waals surface area contributed by atoms with E-state index in [0.717, 1.165) is 22.6 Å². The smallest absolute Gasteiger partial charge is 0.248 e. The highest BCUT2D eigenvalue weighted by atomic mass is 16.1. The Bertz CT molecular complexity index is 967. The topological polar surface area (TPSA) is 46.9 Å². The fourth-order valence-corrected chi connectivity index (χ4v) is 3.12. The van der Waals surface area contributed by atoms with Gasteiger partial charge in [-0.05, 0) is 42.5 Å². The quantitative estimate of drug-likeness (QED) is 0.594. The molecule has 0 radical (unpaired) electrons. The number of aromatic nitrogens is 2. The summed E-state index contributed by atoms with van der Waals surface area (Å²) < 4.78 is 1.93.